The highest BCUT2D eigenvalue weighted by Crippen LogP contribution is 2.27. The van der Waals surface area contributed by atoms with Gasteiger partial charge in [0, 0.05) is 0 Å². The van der Waals surface area contributed by atoms with Gasteiger partial charge in [0.25, 0.3) is 0 Å². The minimum atomic E-state index is -1.34. The van der Waals surface area contributed by atoms with E-state index in [4.69, 9.17) is 10.0 Å². The Morgan fingerprint density at radius 1 is 1.17 bits per heavy atom. The van der Waals surface area contributed by atoms with Gasteiger partial charge in [-0.3, -0.25) is 0 Å². The molecule has 0 aliphatic heterocycles. The molecule has 1 aromatic carbocycles. The van der Waals surface area contributed by atoms with Crippen molar-refractivity contribution in [3.63, 3.8) is 0 Å². The highest BCUT2D eigenvalue weighted by Gasteiger charge is 2.22. The summed E-state index contributed by atoms with van der Waals surface area (Å²) in [5.74, 6) is 0. The van der Waals surface area contributed by atoms with Gasteiger partial charge in [-0.2, -0.15) is 0 Å². The minimum Gasteiger partial charge on any atom is -0.423 e. The first-order valence-corrected chi connectivity index (χ1v) is 3.93. The van der Waals surface area contributed by atoms with Crippen molar-refractivity contribution in [3.05, 3.63) is 41.5 Å². The smallest absolute Gasteiger partial charge is 0.423 e. The van der Waals surface area contributed by atoms with Crippen LogP contribution >= 0.6 is 0 Å². The molecule has 2 nitrogen and oxygen atoms in total. The van der Waals surface area contributed by atoms with Crippen LogP contribution in [0.15, 0.2) is 30.3 Å². The predicted octanol–water partition coefficient (Wildman–Crippen LogP) is 0.638. The van der Waals surface area contributed by atoms with E-state index in [0.717, 1.165) is 12.0 Å². The zero-order chi connectivity index (χ0) is 8.55. The summed E-state index contributed by atoms with van der Waals surface area (Å²) in [6, 6.07) is 7.77. The first-order valence-electron chi connectivity index (χ1n) is 3.93. The Morgan fingerprint density at radius 2 is 1.92 bits per heavy atom. The largest absolute Gasteiger partial charge is 0.488 e. The molecule has 0 amide bonds. The molecule has 0 saturated heterocycles. The van der Waals surface area contributed by atoms with Gasteiger partial charge in [-0.05, 0) is 23.0 Å². The number of allylic oxidation sites excluding steroid dienone is 1. The lowest BCUT2D eigenvalue weighted by Gasteiger charge is -2.02. The van der Waals surface area contributed by atoms with E-state index in [2.05, 4.69) is 0 Å². The van der Waals surface area contributed by atoms with Gasteiger partial charge in [0.15, 0.2) is 0 Å². The Hall–Kier alpha value is -1.06. The maximum Gasteiger partial charge on any atom is 0.488 e. The summed E-state index contributed by atoms with van der Waals surface area (Å²) in [5, 5.41) is 18.0. The van der Waals surface area contributed by atoms with Crippen LogP contribution in [0, 0.1) is 0 Å². The van der Waals surface area contributed by atoms with Gasteiger partial charge >= 0.3 is 7.12 Å². The molecule has 1 aromatic rings. The summed E-state index contributed by atoms with van der Waals surface area (Å²) in [4.78, 5) is 0. The zero-order valence-electron chi connectivity index (χ0n) is 6.57. The van der Waals surface area contributed by atoms with E-state index in [1.807, 2.05) is 30.3 Å². The average Bonchev–Trinajstić information content (AvgIpc) is 2.47. The van der Waals surface area contributed by atoms with Gasteiger partial charge in [-0.25, -0.2) is 0 Å². The predicted molar refractivity (Wildman–Crippen MR) is 48.3 cm³/mol. The molecule has 0 atom stereocenters. The summed E-state index contributed by atoms with van der Waals surface area (Å²) in [5.41, 5.74) is 2.76. The molecule has 2 N–H and O–H groups in total. The van der Waals surface area contributed by atoms with Gasteiger partial charge in [-0.15, -0.1) is 0 Å². The SMILES string of the molecule is OB(O)C1=CCc2ccccc21. The van der Waals surface area contributed by atoms with Crippen LogP contribution in [0.3, 0.4) is 0 Å². The van der Waals surface area contributed by atoms with E-state index in [-0.39, 0.29) is 0 Å². The summed E-state index contributed by atoms with van der Waals surface area (Å²) in [6.07, 6.45) is 2.67. The third-order valence-corrected chi connectivity index (χ3v) is 2.15. The third-order valence-electron chi connectivity index (χ3n) is 2.15. The zero-order valence-corrected chi connectivity index (χ0v) is 6.57. The van der Waals surface area contributed by atoms with Crippen molar-refractivity contribution in [1.82, 2.24) is 0 Å². The second kappa shape index (κ2) is 2.77. The number of rotatable bonds is 1. The van der Waals surface area contributed by atoms with Gasteiger partial charge in [0.2, 0.25) is 0 Å². The van der Waals surface area contributed by atoms with E-state index in [0.29, 0.717) is 5.47 Å². The lowest BCUT2D eigenvalue weighted by atomic mass is 9.76. The molecule has 0 aromatic heterocycles. The maximum atomic E-state index is 8.99. The van der Waals surface area contributed by atoms with E-state index in [1.165, 1.54) is 5.56 Å². The summed E-state index contributed by atoms with van der Waals surface area (Å²) < 4.78 is 0. The Morgan fingerprint density at radius 3 is 2.67 bits per heavy atom. The maximum absolute atomic E-state index is 8.99. The molecule has 60 valence electrons. The van der Waals surface area contributed by atoms with Crippen molar-refractivity contribution in [2.75, 3.05) is 0 Å². The van der Waals surface area contributed by atoms with Crippen LogP contribution in [-0.4, -0.2) is 17.2 Å². The molecule has 0 unspecified atom stereocenters. The topological polar surface area (TPSA) is 40.5 Å². The van der Waals surface area contributed by atoms with Crippen molar-refractivity contribution in [2.45, 2.75) is 6.42 Å². The van der Waals surface area contributed by atoms with E-state index in [1.54, 1.807) is 0 Å². The molecular formula is C9H9BO2. The highest BCUT2D eigenvalue weighted by atomic mass is 16.4. The number of fused-ring (bicyclic) bond motifs is 1. The molecule has 0 saturated carbocycles. The molecule has 0 heterocycles. The fourth-order valence-corrected chi connectivity index (χ4v) is 1.55. The molecule has 0 bridgehead atoms. The van der Waals surface area contributed by atoms with Crippen molar-refractivity contribution >= 4 is 12.6 Å². The normalized spacial score (nSPS) is 14.0. The Labute approximate surface area is 71.3 Å². The van der Waals surface area contributed by atoms with Crippen molar-refractivity contribution in [2.24, 2.45) is 0 Å². The van der Waals surface area contributed by atoms with Crippen LogP contribution in [0.2, 0.25) is 0 Å². The molecule has 12 heavy (non-hydrogen) atoms. The molecular weight excluding hydrogens is 151 g/mol. The first-order chi connectivity index (χ1) is 5.79. The standard InChI is InChI=1S/C9H9BO2/c11-10(12)9-6-5-7-3-1-2-4-8(7)9/h1-4,6,11-12H,5H2. The third kappa shape index (κ3) is 1.07. The highest BCUT2D eigenvalue weighted by molar-refractivity contribution is 6.66. The molecule has 3 heteroatoms. The number of benzene rings is 1. The van der Waals surface area contributed by atoms with Gasteiger partial charge < -0.3 is 10.0 Å². The Kier molecular flexibility index (Phi) is 1.75. The average molecular weight is 160 g/mol. The van der Waals surface area contributed by atoms with Crippen molar-refractivity contribution in [3.8, 4) is 0 Å². The molecule has 0 spiro atoms. The van der Waals surface area contributed by atoms with Crippen LogP contribution in [0.5, 0.6) is 0 Å². The molecule has 2 rings (SSSR count). The quantitative estimate of drug-likeness (QED) is 0.591. The van der Waals surface area contributed by atoms with Gasteiger partial charge in [0.1, 0.15) is 0 Å². The van der Waals surface area contributed by atoms with Crippen LogP contribution < -0.4 is 0 Å². The lowest BCUT2D eigenvalue weighted by Crippen LogP contribution is -2.12. The monoisotopic (exact) mass is 160 g/mol. The van der Waals surface area contributed by atoms with Crippen LogP contribution in [0.25, 0.3) is 5.47 Å². The fraction of sp³-hybridized carbons (Fsp3) is 0.111. The molecule has 1 aliphatic carbocycles. The molecule has 0 fully saturated rings. The van der Waals surface area contributed by atoms with E-state index >= 15 is 0 Å². The van der Waals surface area contributed by atoms with E-state index in [9.17, 15) is 0 Å². The number of hydrogen-bond donors (Lipinski definition) is 2. The summed E-state index contributed by atoms with van der Waals surface area (Å²) in [6.45, 7) is 0. The number of hydrogen-bond acceptors (Lipinski definition) is 2. The Balaban J connectivity index is 2.45. The van der Waals surface area contributed by atoms with Crippen LogP contribution in [0.1, 0.15) is 11.1 Å². The Bertz CT molecular complexity index is 331. The van der Waals surface area contributed by atoms with Crippen LogP contribution in [-0.2, 0) is 6.42 Å². The minimum absolute atomic E-state index is 0.630. The lowest BCUT2D eigenvalue weighted by molar-refractivity contribution is 0.427. The van der Waals surface area contributed by atoms with Crippen molar-refractivity contribution < 1.29 is 10.0 Å². The van der Waals surface area contributed by atoms with Crippen LogP contribution in [0.4, 0.5) is 0 Å². The van der Waals surface area contributed by atoms with Gasteiger partial charge in [-0.1, -0.05) is 30.3 Å². The van der Waals surface area contributed by atoms with Crippen molar-refractivity contribution in [1.29, 1.82) is 0 Å². The molecule has 1 aliphatic rings. The second-order valence-electron chi connectivity index (χ2n) is 2.89. The molecule has 0 radical (unpaired) electrons. The second-order valence-corrected chi connectivity index (χ2v) is 2.89. The summed E-state index contributed by atoms with van der Waals surface area (Å²) in [7, 11) is -1.34. The summed E-state index contributed by atoms with van der Waals surface area (Å²) >= 11 is 0. The van der Waals surface area contributed by atoms with Gasteiger partial charge in [0.05, 0.1) is 0 Å². The van der Waals surface area contributed by atoms with E-state index < -0.39 is 7.12 Å². The fourth-order valence-electron chi connectivity index (χ4n) is 1.55. The first kappa shape index (κ1) is 7.59.